The van der Waals surface area contributed by atoms with Crippen LogP contribution in [0.25, 0.3) is 0 Å². The molecule has 0 aliphatic rings. The number of rotatable bonds is 6. The Kier molecular flexibility index (Phi) is 5.90. The quantitative estimate of drug-likeness (QED) is 0.455. The number of carbonyl (C=O) groups is 2. The van der Waals surface area contributed by atoms with Gasteiger partial charge in [0.15, 0.2) is 12.4 Å². The maximum Gasteiger partial charge on any atom is 0.343 e. The van der Waals surface area contributed by atoms with Crippen molar-refractivity contribution in [3.8, 4) is 0 Å². The molecular formula is C21H18ClFN2O3. The van der Waals surface area contributed by atoms with Crippen LogP contribution in [0.2, 0.25) is 5.15 Å². The van der Waals surface area contributed by atoms with E-state index in [9.17, 15) is 14.0 Å². The van der Waals surface area contributed by atoms with Gasteiger partial charge in [-0.3, -0.25) is 4.79 Å². The summed E-state index contributed by atoms with van der Waals surface area (Å²) in [6.45, 7) is 3.52. The highest BCUT2D eigenvalue weighted by molar-refractivity contribution is 6.32. The molecule has 0 unspecified atom stereocenters. The van der Waals surface area contributed by atoms with E-state index in [2.05, 4.69) is 5.10 Å². The molecule has 0 N–H and O–H groups in total. The summed E-state index contributed by atoms with van der Waals surface area (Å²) in [6.07, 6.45) is 0. The van der Waals surface area contributed by atoms with Gasteiger partial charge in [0.1, 0.15) is 16.5 Å². The maximum absolute atomic E-state index is 13.2. The minimum atomic E-state index is -0.748. The normalized spacial score (nSPS) is 10.7. The van der Waals surface area contributed by atoms with Gasteiger partial charge in [0.25, 0.3) is 0 Å². The van der Waals surface area contributed by atoms with Crippen LogP contribution >= 0.6 is 11.6 Å². The molecule has 1 aromatic heterocycles. The number of hydrogen-bond donors (Lipinski definition) is 0. The number of aromatic nitrogens is 2. The summed E-state index contributed by atoms with van der Waals surface area (Å²) >= 11 is 6.32. The molecule has 5 nitrogen and oxygen atoms in total. The van der Waals surface area contributed by atoms with Gasteiger partial charge in [-0.2, -0.15) is 5.10 Å². The highest BCUT2D eigenvalue weighted by atomic mass is 35.5. The first kappa shape index (κ1) is 19.8. The Hall–Kier alpha value is -2.99. The average molecular weight is 401 g/mol. The van der Waals surface area contributed by atoms with Gasteiger partial charge in [-0.1, -0.05) is 53.6 Å². The van der Waals surface area contributed by atoms with Gasteiger partial charge in [0, 0.05) is 5.56 Å². The van der Waals surface area contributed by atoms with E-state index in [1.165, 1.54) is 22.9 Å². The number of aryl methyl sites for hydroxylation is 2. The molecule has 0 saturated heterocycles. The molecule has 0 radical (unpaired) electrons. The van der Waals surface area contributed by atoms with Gasteiger partial charge in [-0.15, -0.1) is 0 Å². The van der Waals surface area contributed by atoms with Crippen LogP contribution in [0, 0.1) is 19.7 Å². The molecule has 3 aromatic rings. The Labute approximate surface area is 166 Å². The molecule has 144 valence electrons. The van der Waals surface area contributed by atoms with Crippen LogP contribution in [0.3, 0.4) is 0 Å². The zero-order chi connectivity index (χ0) is 20.3. The first-order valence-electron chi connectivity index (χ1n) is 8.59. The van der Waals surface area contributed by atoms with Crippen LogP contribution in [-0.4, -0.2) is 28.1 Å². The number of halogens is 2. The smallest absolute Gasteiger partial charge is 0.343 e. The van der Waals surface area contributed by atoms with E-state index in [0.29, 0.717) is 12.2 Å². The van der Waals surface area contributed by atoms with Crippen molar-refractivity contribution in [1.82, 2.24) is 9.78 Å². The second-order valence-corrected chi connectivity index (χ2v) is 6.76. The predicted molar refractivity (Wildman–Crippen MR) is 103 cm³/mol. The third-order valence-electron chi connectivity index (χ3n) is 4.20. The molecule has 0 spiro atoms. The van der Waals surface area contributed by atoms with Crippen LogP contribution in [0.4, 0.5) is 4.39 Å². The van der Waals surface area contributed by atoms with E-state index in [1.54, 1.807) is 6.92 Å². The standard InChI is InChI=1S/C21H18ClFN2O3/c1-13-6-8-15(9-7-13)11-25-20(22)19(14(2)24-25)21(27)28-12-18(26)16-4-3-5-17(23)10-16/h3-10H,11-12H2,1-2H3. The van der Waals surface area contributed by atoms with Crippen molar-refractivity contribution in [2.24, 2.45) is 0 Å². The number of carbonyl (C=O) groups excluding carboxylic acids is 2. The first-order chi connectivity index (χ1) is 13.3. The number of esters is 1. The SMILES string of the molecule is Cc1ccc(Cn2nc(C)c(C(=O)OCC(=O)c3cccc(F)c3)c2Cl)cc1. The molecule has 3 rings (SSSR count). The fourth-order valence-corrected chi connectivity index (χ4v) is 3.02. The van der Waals surface area contributed by atoms with Gasteiger partial charge in [-0.25, -0.2) is 13.9 Å². The molecule has 0 amide bonds. The number of ether oxygens (including phenoxy) is 1. The van der Waals surface area contributed by atoms with Crippen LogP contribution in [0.15, 0.2) is 48.5 Å². The lowest BCUT2D eigenvalue weighted by atomic mass is 10.1. The highest BCUT2D eigenvalue weighted by Gasteiger charge is 2.23. The Bertz CT molecular complexity index is 1030. The summed E-state index contributed by atoms with van der Waals surface area (Å²) in [6, 6.07) is 13.1. The van der Waals surface area contributed by atoms with Crippen molar-refractivity contribution < 1.29 is 18.7 Å². The molecule has 0 saturated carbocycles. The Morgan fingerprint density at radius 1 is 1.14 bits per heavy atom. The van der Waals surface area contributed by atoms with Crippen LogP contribution in [0.5, 0.6) is 0 Å². The molecule has 0 aliphatic carbocycles. The molecule has 2 aromatic carbocycles. The second-order valence-electron chi connectivity index (χ2n) is 6.40. The van der Waals surface area contributed by atoms with E-state index >= 15 is 0 Å². The Balaban J connectivity index is 1.70. The zero-order valence-corrected chi connectivity index (χ0v) is 16.2. The van der Waals surface area contributed by atoms with Crippen LogP contribution in [0.1, 0.15) is 37.5 Å². The first-order valence-corrected chi connectivity index (χ1v) is 8.97. The van der Waals surface area contributed by atoms with E-state index < -0.39 is 24.2 Å². The number of hydrogen-bond acceptors (Lipinski definition) is 4. The summed E-state index contributed by atoms with van der Waals surface area (Å²) < 4.78 is 19.8. The largest absolute Gasteiger partial charge is 0.454 e. The lowest BCUT2D eigenvalue weighted by Gasteiger charge is -2.06. The van der Waals surface area contributed by atoms with E-state index in [4.69, 9.17) is 16.3 Å². The lowest BCUT2D eigenvalue weighted by Crippen LogP contribution is -2.15. The van der Waals surface area contributed by atoms with Crippen LogP contribution < -0.4 is 0 Å². The molecule has 0 aliphatic heterocycles. The van der Waals surface area contributed by atoms with Crippen molar-refractivity contribution in [2.75, 3.05) is 6.61 Å². The molecule has 1 heterocycles. The van der Waals surface area contributed by atoms with Gasteiger partial charge >= 0.3 is 5.97 Å². The summed E-state index contributed by atoms with van der Waals surface area (Å²) in [4.78, 5) is 24.5. The molecule has 0 fully saturated rings. The van der Waals surface area contributed by atoms with Crippen molar-refractivity contribution in [3.05, 3.63) is 87.4 Å². The summed E-state index contributed by atoms with van der Waals surface area (Å²) in [5, 5.41) is 4.44. The highest BCUT2D eigenvalue weighted by Crippen LogP contribution is 2.22. The molecule has 7 heteroatoms. The second kappa shape index (κ2) is 8.35. The molecule has 0 bridgehead atoms. The van der Waals surface area contributed by atoms with Gasteiger partial charge in [0.2, 0.25) is 0 Å². The lowest BCUT2D eigenvalue weighted by molar-refractivity contribution is 0.0474. The van der Waals surface area contributed by atoms with Gasteiger partial charge in [0.05, 0.1) is 12.2 Å². The van der Waals surface area contributed by atoms with E-state index in [0.717, 1.165) is 17.2 Å². The average Bonchev–Trinajstić information content (AvgIpc) is 2.94. The topological polar surface area (TPSA) is 61.2 Å². The van der Waals surface area contributed by atoms with Crippen molar-refractivity contribution >= 4 is 23.4 Å². The molecule has 28 heavy (non-hydrogen) atoms. The Morgan fingerprint density at radius 3 is 2.54 bits per heavy atom. The van der Waals surface area contributed by atoms with Gasteiger partial charge in [-0.05, 0) is 31.5 Å². The van der Waals surface area contributed by atoms with E-state index in [-0.39, 0.29) is 16.3 Å². The Morgan fingerprint density at radius 2 is 1.86 bits per heavy atom. The maximum atomic E-state index is 13.2. The van der Waals surface area contributed by atoms with Gasteiger partial charge < -0.3 is 4.74 Å². The van der Waals surface area contributed by atoms with Crippen molar-refractivity contribution in [3.63, 3.8) is 0 Å². The van der Waals surface area contributed by atoms with Crippen molar-refractivity contribution in [1.29, 1.82) is 0 Å². The van der Waals surface area contributed by atoms with Crippen LogP contribution in [-0.2, 0) is 11.3 Å². The summed E-state index contributed by atoms with van der Waals surface area (Å²) in [7, 11) is 0. The fraction of sp³-hybridized carbons (Fsp3) is 0.190. The number of benzene rings is 2. The van der Waals surface area contributed by atoms with Crippen molar-refractivity contribution in [2.45, 2.75) is 20.4 Å². The number of Topliss-reactive ketones (excluding diaryl/α,β-unsaturated/α-hetero) is 1. The summed E-state index contributed by atoms with van der Waals surface area (Å²) in [5.74, 6) is -1.79. The third-order valence-corrected chi connectivity index (χ3v) is 4.59. The number of ketones is 1. The zero-order valence-electron chi connectivity index (χ0n) is 15.4. The fourth-order valence-electron chi connectivity index (χ4n) is 2.70. The molecule has 0 atom stereocenters. The van der Waals surface area contributed by atoms with E-state index in [1.807, 2.05) is 31.2 Å². The minimum absolute atomic E-state index is 0.112. The third kappa shape index (κ3) is 4.46. The molecular weight excluding hydrogens is 383 g/mol. The predicted octanol–water partition coefficient (Wildman–Crippen LogP) is 4.38. The summed E-state index contributed by atoms with van der Waals surface area (Å²) in [5.41, 5.74) is 2.77. The number of nitrogens with zero attached hydrogens (tertiary/aromatic N) is 2. The monoisotopic (exact) mass is 400 g/mol. The minimum Gasteiger partial charge on any atom is -0.454 e.